The summed E-state index contributed by atoms with van der Waals surface area (Å²) in [5, 5.41) is 22.1. The summed E-state index contributed by atoms with van der Waals surface area (Å²) in [5.41, 5.74) is -0.951. The number of unbranched alkanes of at least 4 members (excludes halogenated alkanes) is 14. The molecule has 36 heavy (non-hydrogen) atoms. The molecule has 3 N–H and O–H groups in total. The van der Waals surface area contributed by atoms with Crippen LogP contribution in [0, 0.1) is 5.41 Å². The summed E-state index contributed by atoms with van der Waals surface area (Å²) < 4.78 is 0.132. The van der Waals surface area contributed by atoms with Gasteiger partial charge in [0.15, 0.2) is 6.04 Å². The van der Waals surface area contributed by atoms with Crippen molar-refractivity contribution >= 4 is 17.8 Å². The van der Waals surface area contributed by atoms with Crippen molar-refractivity contribution in [3.8, 4) is 0 Å². The van der Waals surface area contributed by atoms with Gasteiger partial charge in [-0.1, -0.05) is 111 Å². The van der Waals surface area contributed by atoms with Crippen LogP contribution in [-0.4, -0.2) is 65.8 Å². The number of aliphatic carboxylic acids is 2. The third kappa shape index (κ3) is 15.5. The van der Waals surface area contributed by atoms with E-state index in [4.69, 9.17) is 0 Å². The maximum atomic E-state index is 12.6. The molecule has 0 aromatic carbocycles. The number of rotatable bonds is 23. The molecule has 0 aliphatic heterocycles. The number of amides is 1. The quantitative estimate of drug-likeness (QED) is 0.108. The summed E-state index contributed by atoms with van der Waals surface area (Å²) in [6.45, 7) is 5.72. The Hall–Kier alpha value is -1.63. The average molecular weight is 514 g/mol. The normalized spacial score (nSPS) is 13.8. The van der Waals surface area contributed by atoms with Crippen molar-refractivity contribution in [3.05, 3.63) is 0 Å². The molecule has 0 fully saturated rings. The van der Waals surface area contributed by atoms with Crippen molar-refractivity contribution in [3.63, 3.8) is 0 Å². The zero-order valence-corrected chi connectivity index (χ0v) is 24.2. The van der Waals surface area contributed by atoms with Gasteiger partial charge in [-0.15, -0.1) is 0 Å². The van der Waals surface area contributed by atoms with Crippen LogP contribution in [0.4, 0.5) is 0 Å². The number of quaternary nitrogens is 1. The first-order valence-corrected chi connectivity index (χ1v) is 14.4. The minimum Gasteiger partial charge on any atom is -0.481 e. The van der Waals surface area contributed by atoms with Gasteiger partial charge in [0.05, 0.1) is 33.6 Å². The standard InChI is InChI=1S/C29H56N2O5/c1-7-8-9-10-11-12-13-14-15-16-17-18-19-20-21-22-25(32)30-24(23-26(33)34)29(2,3)27(28(35)36)31(4,5)6/h24,27H,7-23H2,1-6H3,(H2-,30,32,33,34,35,36)/p+1. The molecule has 0 aliphatic rings. The fraction of sp³-hybridized carbons (Fsp3) is 0.897. The first-order valence-electron chi connectivity index (χ1n) is 14.4. The first-order chi connectivity index (χ1) is 16.8. The summed E-state index contributed by atoms with van der Waals surface area (Å²) in [5.74, 6) is -2.25. The van der Waals surface area contributed by atoms with Crippen LogP contribution in [0.15, 0.2) is 0 Å². The third-order valence-corrected chi connectivity index (χ3v) is 7.33. The fourth-order valence-corrected chi connectivity index (χ4v) is 5.44. The Balaban J connectivity index is 4.23. The number of nitrogens with zero attached hydrogens (tertiary/aromatic N) is 1. The maximum absolute atomic E-state index is 12.6. The second-order valence-corrected chi connectivity index (χ2v) is 12.1. The van der Waals surface area contributed by atoms with E-state index in [9.17, 15) is 24.6 Å². The SMILES string of the molecule is CCCCCCCCCCCCCCCCCC(=O)NC(CC(=O)O)C(C)(C)C(C(=O)O)[N+](C)(C)C. The monoisotopic (exact) mass is 513 g/mol. The molecule has 7 nitrogen and oxygen atoms in total. The molecule has 1 amide bonds. The smallest absolute Gasteiger partial charge is 0.363 e. The van der Waals surface area contributed by atoms with Crippen LogP contribution in [0.2, 0.25) is 0 Å². The Morgan fingerprint density at radius 3 is 1.44 bits per heavy atom. The number of carbonyl (C=O) groups is 3. The number of carboxylic acid groups (broad SMARTS) is 2. The van der Waals surface area contributed by atoms with Gasteiger partial charge in [0, 0.05) is 11.8 Å². The summed E-state index contributed by atoms with van der Waals surface area (Å²) in [7, 11) is 5.32. The highest BCUT2D eigenvalue weighted by molar-refractivity contribution is 5.78. The highest BCUT2D eigenvalue weighted by Crippen LogP contribution is 2.33. The van der Waals surface area contributed by atoms with Crippen molar-refractivity contribution in [1.29, 1.82) is 0 Å². The van der Waals surface area contributed by atoms with Crippen LogP contribution in [0.3, 0.4) is 0 Å². The largest absolute Gasteiger partial charge is 0.481 e. The van der Waals surface area contributed by atoms with Crippen molar-refractivity contribution in [1.82, 2.24) is 5.32 Å². The number of carboxylic acids is 2. The molecule has 0 aliphatic carbocycles. The lowest BCUT2D eigenvalue weighted by Gasteiger charge is -2.44. The molecule has 2 atom stereocenters. The summed E-state index contributed by atoms with van der Waals surface area (Å²) in [6, 6.07) is -1.63. The highest BCUT2D eigenvalue weighted by Gasteiger charge is 2.50. The Labute approximate surface area is 221 Å². The lowest BCUT2D eigenvalue weighted by atomic mass is 9.74. The van der Waals surface area contributed by atoms with Crippen molar-refractivity contribution in [2.24, 2.45) is 5.41 Å². The molecule has 0 bridgehead atoms. The molecular weight excluding hydrogens is 456 g/mol. The highest BCUT2D eigenvalue weighted by atomic mass is 16.4. The molecule has 0 saturated heterocycles. The van der Waals surface area contributed by atoms with E-state index in [2.05, 4.69) is 12.2 Å². The Morgan fingerprint density at radius 2 is 1.11 bits per heavy atom. The van der Waals surface area contributed by atoms with Gasteiger partial charge in [0.25, 0.3) is 0 Å². The van der Waals surface area contributed by atoms with E-state index in [1.165, 1.54) is 77.0 Å². The summed E-state index contributed by atoms with van der Waals surface area (Å²) in [4.78, 5) is 36.1. The van der Waals surface area contributed by atoms with Crippen LogP contribution >= 0.6 is 0 Å². The fourth-order valence-electron chi connectivity index (χ4n) is 5.44. The van der Waals surface area contributed by atoms with Gasteiger partial charge in [0.1, 0.15) is 0 Å². The molecule has 0 heterocycles. The number of hydrogen-bond donors (Lipinski definition) is 3. The zero-order valence-electron chi connectivity index (χ0n) is 24.2. The second-order valence-electron chi connectivity index (χ2n) is 12.1. The second kappa shape index (κ2) is 18.6. The van der Waals surface area contributed by atoms with Gasteiger partial charge < -0.3 is 20.0 Å². The number of nitrogens with one attached hydrogen (secondary N) is 1. The van der Waals surface area contributed by atoms with Crippen molar-refractivity contribution in [2.75, 3.05) is 21.1 Å². The lowest BCUT2D eigenvalue weighted by molar-refractivity contribution is -0.894. The summed E-state index contributed by atoms with van der Waals surface area (Å²) >= 11 is 0. The zero-order chi connectivity index (χ0) is 27.6. The Bertz CT molecular complexity index is 628. The topological polar surface area (TPSA) is 104 Å². The van der Waals surface area contributed by atoms with E-state index < -0.39 is 29.4 Å². The van der Waals surface area contributed by atoms with E-state index in [1.54, 1.807) is 35.0 Å². The van der Waals surface area contributed by atoms with Gasteiger partial charge >= 0.3 is 11.9 Å². The molecule has 0 radical (unpaired) electrons. The van der Waals surface area contributed by atoms with Crippen LogP contribution in [0.25, 0.3) is 0 Å². The van der Waals surface area contributed by atoms with Crippen molar-refractivity contribution < 1.29 is 29.1 Å². The van der Waals surface area contributed by atoms with Crippen LogP contribution in [-0.2, 0) is 14.4 Å². The van der Waals surface area contributed by atoms with Crippen molar-refractivity contribution in [2.45, 2.75) is 142 Å². The van der Waals surface area contributed by atoms with Crippen LogP contribution < -0.4 is 5.32 Å². The maximum Gasteiger partial charge on any atom is 0.363 e. The van der Waals surface area contributed by atoms with Gasteiger partial charge in [-0.3, -0.25) is 9.59 Å². The molecule has 7 heteroatoms. The first kappa shape index (κ1) is 34.4. The lowest BCUT2D eigenvalue weighted by Crippen LogP contribution is -2.63. The molecule has 0 aromatic rings. The molecule has 0 spiro atoms. The average Bonchev–Trinajstić information content (AvgIpc) is 2.74. The molecule has 212 valence electrons. The Morgan fingerprint density at radius 1 is 0.722 bits per heavy atom. The van der Waals surface area contributed by atoms with Gasteiger partial charge in [-0.05, 0) is 6.42 Å². The van der Waals surface area contributed by atoms with E-state index >= 15 is 0 Å². The number of carbonyl (C=O) groups excluding carboxylic acids is 1. The number of likely N-dealkylation sites (N-methyl/N-ethyl adjacent to an activating group) is 1. The Kier molecular flexibility index (Phi) is 17.7. The number of hydrogen-bond acceptors (Lipinski definition) is 3. The van der Waals surface area contributed by atoms with Gasteiger partial charge in [0.2, 0.25) is 5.91 Å². The molecule has 0 rings (SSSR count). The van der Waals surface area contributed by atoms with E-state index in [1.807, 2.05) is 0 Å². The van der Waals surface area contributed by atoms with E-state index in [0.717, 1.165) is 19.3 Å². The minimum atomic E-state index is -1.05. The third-order valence-electron chi connectivity index (χ3n) is 7.33. The summed E-state index contributed by atoms with van der Waals surface area (Å²) in [6.07, 6.45) is 18.9. The predicted molar refractivity (Wildman–Crippen MR) is 147 cm³/mol. The minimum absolute atomic E-state index is 0.132. The van der Waals surface area contributed by atoms with E-state index in [0.29, 0.717) is 6.42 Å². The molecule has 0 saturated carbocycles. The van der Waals surface area contributed by atoms with E-state index in [-0.39, 0.29) is 16.8 Å². The predicted octanol–water partition coefficient (Wildman–Crippen LogP) is 6.39. The molecular formula is C29H57N2O5+. The van der Waals surface area contributed by atoms with Crippen LogP contribution in [0.1, 0.15) is 130 Å². The van der Waals surface area contributed by atoms with Gasteiger partial charge in [-0.2, -0.15) is 0 Å². The molecule has 2 unspecified atom stereocenters. The van der Waals surface area contributed by atoms with Crippen LogP contribution in [0.5, 0.6) is 0 Å². The van der Waals surface area contributed by atoms with Gasteiger partial charge in [-0.25, -0.2) is 4.79 Å². The molecule has 0 aromatic heterocycles.